The quantitative estimate of drug-likeness (QED) is 0.778. The second kappa shape index (κ2) is 4.37. The molecule has 1 aliphatic carbocycles. The van der Waals surface area contributed by atoms with E-state index in [2.05, 4.69) is 5.10 Å². The van der Waals surface area contributed by atoms with Crippen LogP contribution in [0.3, 0.4) is 0 Å². The number of nitrogens with zero attached hydrogens (tertiary/aromatic N) is 2. The van der Waals surface area contributed by atoms with Gasteiger partial charge in [-0.25, -0.2) is 0 Å². The minimum absolute atomic E-state index is 0.0703. The van der Waals surface area contributed by atoms with Gasteiger partial charge in [0.1, 0.15) is 0 Å². The van der Waals surface area contributed by atoms with E-state index in [1.807, 2.05) is 41.2 Å². The first-order chi connectivity index (χ1) is 8.33. The zero-order chi connectivity index (χ0) is 11.7. The average molecular weight is 244 g/mol. The molecule has 0 saturated heterocycles. The van der Waals surface area contributed by atoms with Crippen molar-refractivity contribution in [2.75, 3.05) is 0 Å². The van der Waals surface area contributed by atoms with E-state index in [1.54, 1.807) is 6.20 Å². The first-order valence-electron chi connectivity index (χ1n) is 5.64. The Hall–Kier alpha value is -1.55. The summed E-state index contributed by atoms with van der Waals surface area (Å²) in [5.74, 6) is 0. The summed E-state index contributed by atoms with van der Waals surface area (Å²) in [6.45, 7) is 0. The number of aromatic nitrogens is 2. The van der Waals surface area contributed by atoms with Crippen LogP contribution in [0.1, 0.15) is 29.2 Å². The second-order valence-electron chi connectivity index (χ2n) is 4.14. The van der Waals surface area contributed by atoms with E-state index in [0.717, 1.165) is 10.5 Å². The summed E-state index contributed by atoms with van der Waals surface area (Å²) in [7, 11) is 0. The lowest BCUT2D eigenvalue weighted by Crippen LogP contribution is -1.93. The molecule has 1 aromatic carbocycles. The smallest absolute Gasteiger partial charge is 0.224 e. The van der Waals surface area contributed by atoms with Gasteiger partial charge in [-0.15, -0.1) is 0 Å². The number of carbonyl (C=O) groups is 1. The van der Waals surface area contributed by atoms with Gasteiger partial charge in [0.2, 0.25) is 5.12 Å². The molecule has 0 atom stereocenters. The Morgan fingerprint density at radius 1 is 1.29 bits per heavy atom. The van der Waals surface area contributed by atoms with Crippen molar-refractivity contribution in [2.24, 2.45) is 0 Å². The van der Waals surface area contributed by atoms with E-state index in [9.17, 15) is 4.79 Å². The fourth-order valence-corrected chi connectivity index (χ4v) is 2.38. The van der Waals surface area contributed by atoms with Crippen LogP contribution in [0.5, 0.6) is 0 Å². The van der Waals surface area contributed by atoms with Crippen LogP contribution in [-0.4, -0.2) is 14.9 Å². The molecule has 1 heterocycles. The van der Waals surface area contributed by atoms with Gasteiger partial charge in [0.05, 0.1) is 17.1 Å². The van der Waals surface area contributed by atoms with Crippen molar-refractivity contribution < 1.29 is 4.79 Å². The molecule has 3 nitrogen and oxygen atoms in total. The van der Waals surface area contributed by atoms with Gasteiger partial charge in [0.15, 0.2) is 0 Å². The Morgan fingerprint density at radius 2 is 2.06 bits per heavy atom. The van der Waals surface area contributed by atoms with Crippen LogP contribution in [-0.2, 0) is 0 Å². The monoisotopic (exact) mass is 244 g/mol. The van der Waals surface area contributed by atoms with Gasteiger partial charge < -0.3 is 0 Å². The Bertz CT molecular complexity index is 531. The molecule has 3 rings (SSSR count). The molecule has 1 saturated carbocycles. The van der Waals surface area contributed by atoms with Crippen LogP contribution in [0.25, 0.3) is 0 Å². The first kappa shape index (κ1) is 10.6. The first-order valence-corrected chi connectivity index (χ1v) is 6.46. The van der Waals surface area contributed by atoms with E-state index < -0.39 is 0 Å². The van der Waals surface area contributed by atoms with E-state index >= 15 is 0 Å². The highest BCUT2D eigenvalue weighted by Gasteiger charge is 2.24. The highest BCUT2D eigenvalue weighted by atomic mass is 32.2. The molecule has 2 aromatic rings. The van der Waals surface area contributed by atoms with Crippen molar-refractivity contribution in [3.8, 4) is 0 Å². The van der Waals surface area contributed by atoms with Gasteiger partial charge in [-0.2, -0.15) is 5.10 Å². The van der Waals surface area contributed by atoms with Crippen molar-refractivity contribution >= 4 is 16.9 Å². The number of benzene rings is 1. The third kappa shape index (κ3) is 2.42. The van der Waals surface area contributed by atoms with Crippen LogP contribution in [0.15, 0.2) is 47.6 Å². The third-order valence-corrected chi connectivity index (χ3v) is 3.59. The van der Waals surface area contributed by atoms with Crippen LogP contribution in [0.2, 0.25) is 0 Å². The molecule has 0 spiro atoms. The highest BCUT2D eigenvalue weighted by Crippen LogP contribution is 2.35. The van der Waals surface area contributed by atoms with Crippen LogP contribution in [0, 0.1) is 0 Å². The summed E-state index contributed by atoms with van der Waals surface area (Å²) < 4.78 is 1.96. The average Bonchev–Trinajstić information content (AvgIpc) is 3.12. The van der Waals surface area contributed by atoms with E-state index in [1.165, 1.54) is 24.6 Å². The van der Waals surface area contributed by atoms with Crippen molar-refractivity contribution in [1.29, 1.82) is 0 Å². The molecule has 17 heavy (non-hydrogen) atoms. The largest absolute Gasteiger partial charge is 0.281 e. The maximum Gasteiger partial charge on any atom is 0.224 e. The van der Waals surface area contributed by atoms with Crippen molar-refractivity contribution in [1.82, 2.24) is 9.78 Å². The zero-order valence-corrected chi connectivity index (χ0v) is 10.1. The molecule has 86 valence electrons. The molecule has 1 fully saturated rings. The van der Waals surface area contributed by atoms with Gasteiger partial charge in [-0.3, -0.25) is 9.48 Å². The second-order valence-corrected chi connectivity index (χ2v) is 5.19. The molecule has 0 unspecified atom stereocenters. The number of thioether (sulfide) groups is 1. The lowest BCUT2D eigenvalue weighted by molar-refractivity contribution is 0.108. The summed E-state index contributed by atoms with van der Waals surface area (Å²) in [5.41, 5.74) is 0.733. The van der Waals surface area contributed by atoms with Crippen LogP contribution in [0.4, 0.5) is 0 Å². The molecule has 1 aliphatic rings. The Labute approximate surface area is 104 Å². The fourth-order valence-electron chi connectivity index (χ4n) is 1.65. The van der Waals surface area contributed by atoms with Gasteiger partial charge in [0, 0.05) is 11.8 Å². The van der Waals surface area contributed by atoms with E-state index in [0.29, 0.717) is 6.04 Å². The SMILES string of the molecule is O=C(Sc1cnn(C2CC2)c1)c1ccccc1. The van der Waals surface area contributed by atoms with Crippen LogP contribution < -0.4 is 0 Å². The molecule has 0 N–H and O–H groups in total. The number of hydrogen-bond donors (Lipinski definition) is 0. The van der Waals surface area contributed by atoms with E-state index in [-0.39, 0.29) is 5.12 Å². The Kier molecular flexibility index (Phi) is 2.73. The molecule has 0 aliphatic heterocycles. The number of hydrogen-bond acceptors (Lipinski definition) is 3. The summed E-state index contributed by atoms with van der Waals surface area (Å²) in [6.07, 6.45) is 6.14. The molecule has 0 radical (unpaired) electrons. The summed E-state index contributed by atoms with van der Waals surface area (Å²) in [6, 6.07) is 9.90. The number of rotatable bonds is 3. The highest BCUT2D eigenvalue weighted by molar-refractivity contribution is 8.14. The zero-order valence-electron chi connectivity index (χ0n) is 9.24. The minimum atomic E-state index is 0.0703. The van der Waals surface area contributed by atoms with Crippen molar-refractivity contribution in [3.05, 3.63) is 48.3 Å². The maximum atomic E-state index is 11.9. The predicted molar refractivity (Wildman–Crippen MR) is 67.1 cm³/mol. The van der Waals surface area contributed by atoms with Gasteiger partial charge >= 0.3 is 0 Å². The summed E-state index contributed by atoms with van der Waals surface area (Å²) >= 11 is 1.24. The van der Waals surface area contributed by atoms with Gasteiger partial charge in [-0.1, -0.05) is 30.3 Å². The fraction of sp³-hybridized carbons (Fsp3) is 0.231. The Morgan fingerprint density at radius 3 is 2.76 bits per heavy atom. The van der Waals surface area contributed by atoms with Crippen LogP contribution >= 0.6 is 11.8 Å². The maximum absolute atomic E-state index is 11.9. The normalized spacial score (nSPS) is 14.8. The summed E-state index contributed by atoms with van der Waals surface area (Å²) in [5, 5.41) is 4.34. The third-order valence-electron chi connectivity index (χ3n) is 2.72. The van der Waals surface area contributed by atoms with Gasteiger partial charge in [-0.05, 0) is 24.6 Å². The molecule has 0 amide bonds. The molecular weight excluding hydrogens is 232 g/mol. The molecule has 0 bridgehead atoms. The lowest BCUT2D eigenvalue weighted by atomic mass is 10.2. The standard InChI is InChI=1S/C13H12N2OS/c16-13(10-4-2-1-3-5-10)17-12-8-14-15(9-12)11-6-7-11/h1-5,8-9,11H,6-7H2. The summed E-state index contributed by atoms with van der Waals surface area (Å²) in [4.78, 5) is 12.9. The van der Waals surface area contributed by atoms with Gasteiger partial charge in [0.25, 0.3) is 0 Å². The predicted octanol–water partition coefficient (Wildman–Crippen LogP) is 3.15. The lowest BCUT2D eigenvalue weighted by Gasteiger charge is -1.97. The minimum Gasteiger partial charge on any atom is -0.281 e. The molecular formula is C13H12N2OS. The van der Waals surface area contributed by atoms with E-state index in [4.69, 9.17) is 0 Å². The Balaban J connectivity index is 1.71. The van der Waals surface area contributed by atoms with Crippen molar-refractivity contribution in [2.45, 2.75) is 23.8 Å². The topological polar surface area (TPSA) is 34.9 Å². The molecule has 1 aromatic heterocycles. The van der Waals surface area contributed by atoms with Crippen molar-refractivity contribution in [3.63, 3.8) is 0 Å². The number of carbonyl (C=O) groups excluding carboxylic acids is 1. The molecule has 4 heteroatoms.